The number of hydrogen-bond acceptors (Lipinski definition) is 7. The van der Waals surface area contributed by atoms with Gasteiger partial charge in [0.25, 0.3) is 0 Å². The molecule has 0 aliphatic heterocycles. The van der Waals surface area contributed by atoms with Gasteiger partial charge in [-0.3, -0.25) is 0 Å². The number of benzene rings is 2. The quantitative estimate of drug-likeness (QED) is 0.547. The smallest absolute Gasteiger partial charge is 0.232 e. The van der Waals surface area contributed by atoms with Crippen molar-refractivity contribution in [2.45, 2.75) is 10.3 Å². The highest BCUT2D eigenvalue weighted by atomic mass is 32.1. The summed E-state index contributed by atoms with van der Waals surface area (Å²) in [7, 11) is 0. The molecule has 1 heterocycles. The van der Waals surface area contributed by atoms with E-state index in [-0.39, 0.29) is 0 Å². The zero-order valence-corrected chi connectivity index (χ0v) is 13.2. The molecule has 2 N–H and O–H groups in total. The molecule has 0 saturated carbocycles. The first-order valence-electron chi connectivity index (χ1n) is 6.53. The predicted molar refractivity (Wildman–Crippen MR) is 93.8 cm³/mol. The lowest BCUT2D eigenvalue weighted by atomic mass is 10.2. The van der Waals surface area contributed by atoms with Gasteiger partial charge < -0.3 is 10.6 Å². The highest BCUT2D eigenvalue weighted by Gasteiger charge is 2.06. The van der Waals surface area contributed by atoms with Crippen molar-refractivity contribution in [1.29, 1.82) is 0 Å². The van der Waals surface area contributed by atoms with Crippen LogP contribution in [0.1, 0.15) is 0 Å². The van der Waals surface area contributed by atoms with E-state index in [4.69, 9.17) is 0 Å². The minimum atomic E-state index is 0.316. The first-order valence-corrected chi connectivity index (χ1v) is 7.42. The fourth-order valence-electron chi connectivity index (χ4n) is 1.91. The number of nitrogens with one attached hydrogen (secondary N) is 2. The molecule has 5 nitrogen and oxygen atoms in total. The summed E-state index contributed by atoms with van der Waals surface area (Å²) in [4.78, 5) is 12.2. The lowest BCUT2D eigenvalue weighted by molar-refractivity contribution is 0.817. The van der Waals surface area contributed by atoms with Crippen molar-refractivity contribution in [3.05, 3.63) is 54.6 Å². The third-order valence-electron chi connectivity index (χ3n) is 2.84. The number of para-hydroxylation sites is 3. The summed E-state index contributed by atoms with van der Waals surface area (Å²) in [5.41, 5.74) is 2.76. The van der Waals surface area contributed by atoms with Crippen LogP contribution >= 0.6 is 25.3 Å². The molecule has 0 atom stereocenters. The average molecular weight is 327 g/mol. The van der Waals surface area contributed by atoms with Crippen LogP contribution in [0.2, 0.25) is 0 Å². The zero-order chi connectivity index (χ0) is 15.4. The summed E-state index contributed by atoms with van der Waals surface area (Å²) in [6, 6.07) is 17.7. The Morgan fingerprint density at radius 1 is 0.636 bits per heavy atom. The van der Waals surface area contributed by atoms with E-state index < -0.39 is 0 Å². The molecule has 0 fully saturated rings. The first kappa shape index (κ1) is 14.7. The Hall–Kier alpha value is -2.25. The lowest BCUT2D eigenvalue weighted by Crippen LogP contribution is -2.02. The van der Waals surface area contributed by atoms with Crippen LogP contribution in [-0.2, 0) is 0 Å². The van der Waals surface area contributed by atoms with E-state index in [1.807, 2.05) is 54.6 Å². The summed E-state index contributed by atoms with van der Waals surface area (Å²) < 4.78 is 0. The number of thiol groups is 2. The highest BCUT2D eigenvalue weighted by Crippen LogP contribution is 2.27. The van der Waals surface area contributed by atoms with Gasteiger partial charge in [0.2, 0.25) is 5.95 Å². The number of rotatable bonds is 4. The van der Waals surface area contributed by atoms with Crippen LogP contribution in [0.25, 0.3) is 0 Å². The van der Waals surface area contributed by atoms with E-state index in [2.05, 4.69) is 50.8 Å². The number of aromatic nitrogens is 3. The maximum Gasteiger partial charge on any atom is 0.232 e. The fraction of sp³-hybridized carbons (Fsp3) is 0. The third-order valence-corrected chi connectivity index (χ3v) is 3.24. The Balaban J connectivity index is 1.88. The van der Waals surface area contributed by atoms with Gasteiger partial charge in [0.15, 0.2) is 10.3 Å². The highest BCUT2D eigenvalue weighted by molar-refractivity contribution is 7.80. The monoisotopic (exact) mass is 327 g/mol. The van der Waals surface area contributed by atoms with Crippen molar-refractivity contribution in [1.82, 2.24) is 15.0 Å². The number of hydrogen-bond donors (Lipinski definition) is 4. The van der Waals surface area contributed by atoms with Gasteiger partial charge in [-0.15, -0.1) is 25.3 Å². The van der Waals surface area contributed by atoms with E-state index in [1.165, 1.54) is 0 Å². The van der Waals surface area contributed by atoms with Crippen LogP contribution in [0.5, 0.6) is 0 Å². The minimum absolute atomic E-state index is 0.316. The van der Waals surface area contributed by atoms with Gasteiger partial charge in [-0.2, -0.15) is 15.0 Å². The standard InChI is InChI=1S/C15H13N5S2/c21-14-18-13(19-15(22)20-14)17-12-9-5-4-8-11(12)16-10-6-2-1-3-7-10/h1-9,16H,(H3,17,18,19,20,21,22). The summed E-state index contributed by atoms with van der Waals surface area (Å²) >= 11 is 8.26. The van der Waals surface area contributed by atoms with Crippen LogP contribution in [0.15, 0.2) is 64.9 Å². The Morgan fingerprint density at radius 3 is 1.82 bits per heavy atom. The van der Waals surface area contributed by atoms with Crippen molar-refractivity contribution in [2.24, 2.45) is 0 Å². The van der Waals surface area contributed by atoms with Gasteiger partial charge in [-0.1, -0.05) is 30.3 Å². The largest absolute Gasteiger partial charge is 0.354 e. The maximum atomic E-state index is 4.13. The summed E-state index contributed by atoms with van der Waals surface area (Å²) in [5.74, 6) is 0.396. The predicted octanol–water partition coefficient (Wildman–Crippen LogP) is 3.94. The number of anilines is 4. The maximum absolute atomic E-state index is 4.13. The second-order valence-corrected chi connectivity index (χ2v) is 5.22. The normalized spacial score (nSPS) is 10.3. The SMILES string of the molecule is Sc1nc(S)nc(Nc2ccccc2Nc2ccccc2)n1. The van der Waals surface area contributed by atoms with E-state index >= 15 is 0 Å². The molecule has 0 aliphatic carbocycles. The van der Waals surface area contributed by atoms with E-state index in [9.17, 15) is 0 Å². The average Bonchev–Trinajstić information content (AvgIpc) is 2.49. The van der Waals surface area contributed by atoms with Gasteiger partial charge in [0.1, 0.15) is 0 Å². The Morgan fingerprint density at radius 2 is 1.18 bits per heavy atom. The van der Waals surface area contributed by atoms with Crippen molar-refractivity contribution in [2.75, 3.05) is 10.6 Å². The molecular formula is C15H13N5S2. The van der Waals surface area contributed by atoms with Gasteiger partial charge in [0.05, 0.1) is 11.4 Å². The molecule has 0 bridgehead atoms. The van der Waals surface area contributed by atoms with E-state index in [1.54, 1.807) is 0 Å². The second-order valence-electron chi connectivity index (χ2n) is 4.42. The second kappa shape index (κ2) is 6.67. The molecule has 3 aromatic rings. The fourth-order valence-corrected chi connectivity index (χ4v) is 2.37. The Labute approximate surface area is 139 Å². The molecule has 0 saturated heterocycles. The molecule has 7 heteroatoms. The molecule has 22 heavy (non-hydrogen) atoms. The molecule has 0 aliphatic rings. The third kappa shape index (κ3) is 3.69. The molecule has 0 radical (unpaired) electrons. The molecule has 110 valence electrons. The van der Waals surface area contributed by atoms with Gasteiger partial charge in [-0.05, 0) is 24.3 Å². The van der Waals surface area contributed by atoms with Crippen molar-refractivity contribution >= 4 is 48.3 Å². The van der Waals surface area contributed by atoms with Crippen LogP contribution in [0, 0.1) is 0 Å². The molecule has 3 rings (SSSR count). The van der Waals surface area contributed by atoms with Crippen molar-refractivity contribution in [3.63, 3.8) is 0 Å². The zero-order valence-electron chi connectivity index (χ0n) is 11.4. The topological polar surface area (TPSA) is 62.7 Å². The van der Waals surface area contributed by atoms with Crippen molar-refractivity contribution < 1.29 is 0 Å². The van der Waals surface area contributed by atoms with E-state index in [0.29, 0.717) is 16.3 Å². The summed E-state index contributed by atoms with van der Waals surface area (Å²) in [6.07, 6.45) is 0. The molecule has 0 unspecified atom stereocenters. The molecule has 0 amide bonds. The van der Waals surface area contributed by atoms with Crippen LogP contribution in [0.4, 0.5) is 23.0 Å². The molecular weight excluding hydrogens is 314 g/mol. The van der Waals surface area contributed by atoms with Crippen molar-refractivity contribution in [3.8, 4) is 0 Å². The van der Waals surface area contributed by atoms with Gasteiger partial charge in [0, 0.05) is 5.69 Å². The molecule has 2 aromatic carbocycles. The van der Waals surface area contributed by atoms with Crippen LogP contribution < -0.4 is 10.6 Å². The van der Waals surface area contributed by atoms with Crippen LogP contribution in [0.3, 0.4) is 0 Å². The van der Waals surface area contributed by atoms with Gasteiger partial charge in [-0.25, -0.2) is 0 Å². The minimum Gasteiger partial charge on any atom is -0.354 e. The lowest BCUT2D eigenvalue weighted by Gasteiger charge is -2.13. The summed E-state index contributed by atoms with van der Waals surface area (Å²) in [6.45, 7) is 0. The van der Waals surface area contributed by atoms with E-state index in [0.717, 1.165) is 17.1 Å². The molecule has 0 spiro atoms. The summed E-state index contributed by atoms with van der Waals surface area (Å²) in [5, 5.41) is 7.13. The Bertz CT molecular complexity index is 760. The molecule has 1 aromatic heterocycles. The van der Waals surface area contributed by atoms with Crippen LogP contribution in [-0.4, -0.2) is 15.0 Å². The number of nitrogens with zero attached hydrogens (tertiary/aromatic N) is 3. The van der Waals surface area contributed by atoms with Gasteiger partial charge >= 0.3 is 0 Å². The first-order chi connectivity index (χ1) is 10.7. The Kier molecular flexibility index (Phi) is 4.45.